The largest absolute Gasteiger partial charge is 0.492 e. The lowest BCUT2D eigenvalue weighted by molar-refractivity contribution is 0.221. The fraction of sp³-hybridized carbons (Fsp3) is 0.632. The van der Waals surface area contributed by atoms with Crippen LogP contribution in [0.15, 0.2) is 29.3 Å². The smallest absolute Gasteiger partial charge is 0.188 e. The van der Waals surface area contributed by atoms with Crippen molar-refractivity contribution < 1.29 is 4.74 Å². The molecule has 0 bridgehead atoms. The predicted molar refractivity (Wildman–Crippen MR) is 100 cm³/mol. The zero-order valence-electron chi connectivity index (χ0n) is 15.1. The Hall–Kier alpha value is -1.75. The van der Waals surface area contributed by atoms with E-state index in [1.165, 1.54) is 19.3 Å². The van der Waals surface area contributed by atoms with Gasteiger partial charge in [-0.3, -0.25) is 0 Å². The Kier molecular flexibility index (Phi) is 7.89. The molecule has 0 heterocycles. The maximum Gasteiger partial charge on any atom is 0.188 e. The van der Waals surface area contributed by atoms with Crippen molar-refractivity contribution in [3.63, 3.8) is 0 Å². The van der Waals surface area contributed by atoms with Crippen LogP contribution in [0.25, 0.3) is 0 Å². The van der Waals surface area contributed by atoms with E-state index in [1.54, 1.807) is 0 Å². The highest BCUT2D eigenvalue weighted by Gasteiger charge is 2.16. The number of nitrogens with one attached hydrogen (secondary N) is 1. The summed E-state index contributed by atoms with van der Waals surface area (Å²) in [6.07, 6.45) is 3.97. The molecular formula is C19H32N4O. The molecule has 0 spiro atoms. The monoisotopic (exact) mass is 332 g/mol. The molecular weight excluding hydrogens is 300 g/mol. The molecule has 0 radical (unpaired) electrons. The van der Waals surface area contributed by atoms with Crippen LogP contribution in [0.3, 0.4) is 0 Å². The average Bonchev–Trinajstić information content (AvgIpc) is 2.56. The summed E-state index contributed by atoms with van der Waals surface area (Å²) in [7, 11) is 0. The molecule has 134 valence electrons. The van der Waals surface area contributed by atoms with Gasteiger partial charge in [0.2, 0.25) is 0 Å². The van der Waals surface area contributed by atoms with Crippen LogP contribution in [-0.4, -0.2) is 43.6 Å². The highest BCUT2D eigenvalue weighted by atomic mass is 16.5. The summed E-state index contributed by atoms with van der Waals surface area (Å²) in [5.74, 6) is 2.20. The summed E-state index contributed by atoms with van der Waals surface area (Å²) in [5.41, 5.74) is 7.04. The van der Waals surface area contributed by atoms with Gasteiger partial charge in [-0.05, 0) is 37.9 Å². The molecule has 1 aromatic carbocycles. The zero-order valence-corrected chi connectivity index (χ0v) is 15.1. The molecule has 1 aromatic rings. The average molecular weight is 332 g/mol. The Morgan fingerprint density at radius 3 is 2.71 bits per heavy atom. The van der Waals surface area contributed by atoms with Crippen LogP contribution in [-0.2, 0) is 6.54 Å². The molecule has 3 N–H and O–H groups in total. The van der Waals surface area contributed by atoms with E-state index in [4.69, 9.17) is 10.5 Å². The fourth-order valence-corrected chi connectivity index (χ4v) is 2.77. The lowest BCUT2D eigenvalue weighted by Gasteiger charge is -2.25. The van der Waals surface area contributed by atoms with Crippen LogP contribution < -0.4 is 15.8 Å². The highest BCUT2D eigenvalue weighted by Crippen LogP contribution is 2.25. The SMILES string of the molecule is CCN(CC)CCOc1ccccc1CN=C(N)NCC1CCC1. The number of nitrogens with two attached hydrogens (primary N) is 1. The Bertz CT molecular complexity index is 510. The first kappa shape index (κ1) is 18.6. The lowest BCUT2D eigenvalue weighted by atomic mass is 9.85. The van der Waals surface area contributed by atoms with E-state index in [0.29, 0.717) is 19.1 Å². The summed E-state index contributed by atoms with van der Waals surface area (Å²) in [5, 5.41) is 3.23. The van der Waals surface area contributed by atoms with Crippen molar-refractivity contribution in [2.24, 2.45) is 16.6 Å². The minimum Gasteiger partial charge on any atom is -0.492 e. The number of para-hydroxylation sites is 1. The first-order valence-corrected chi connectivity index (χ1v) is 9.19. The van der Waals surface area contributed by atoms with Gasteiger partial charge in [0, 0.05) is 18.7 Å². The molecule has 0 unspecified atom stereocenters. The summed E-state index contributed by atoms with van der Waals surface area (Å²) < 4.78 is 5.96. The van der Waals surface area contributed by atoms with Crippen LogP contribution >= 0.6 is 0 Å². The molecule has 0 atom stereocenters. The Labute approximate surface area is 146 Å². The van der Waals surface area contributed by atoms with Crippen molar-refractivity contribution in [3.8, 4) is 5.75 Å². The predicted octanol–water partition coefficient (Wildman–Crippen LogP) is 2.61. The maximum atomic E-state index is 5.97. The molecule has 0 aromatic heterocycles. The number of benzene rings is 1. The second-order valence-electron chi connectivity index (χ2n) is 6.36. The molecule has 0 saturated heterocycles. The van der Waals surface area contributed by atoms with Crippen molar-refractivity contribution in [3.05, 3.63) is 29.8 Å². The van der Waals surface area contributed by atoms with E-state index in [2.05, 4.69) is 35.1 Å². The summed E-state index contributed by atoms with van der Waals surface area (Å²) in [4.78, 5) is 6.80. The Balaban J connectivity index is 1.81. The van der Waals surface area contributed by atoms with Gasteiger partial charge in [-0.15, -0.1) is 0 Å². The van der Waals surface area contributed by atoms with Gasteiger partial charge < -0.3 is 20.7 Å². The van der Waals surface area contributed by atoms with Crippen molar-refractivity contribution in [2.45, 2.75) is 39.7 Å². The molecule has 1 fully saturated rings. The summed E-state index contributed by atoms with van der Waals surface area (Å²) >= 11 is 0. The van der Waals surface area contributed by atoms with Gasteiger partial charge in [-0.1, -0.05) is 38.5 Å². The Morgan fingerprint density at radius 1 is 1.29 bits per heavy atom. The second-order valence-corrected chi connectivity index (χ2v) is 6.36. The third kappa shape index (κ3) is 6.04. The maximum absolute atomic E-state index is 5.97. The highest BCUT2D eigenvalue weighted by molar-refractivity contribution is 5.77. The van der Waals surface area contributed by atoms with Gasteiger partial charge in [0.25, 0.3) is 0 Å². The summed E-state index contributed by atoms with van der Waals surface area (Å²) in [6, 6.07) is 8.07. The number of nitrogens with zero attached hydrogens (tertiary/aromatic N) is 2. The quantitative estimate of drug-likeness (QED) is 0.511. The van der Waals surface area contributed by atoms with Crippen molar-refractivity contribution in [1.29, 1.82) is 0 Å². The number of likely N-dealkylation sites (N-methyl/N-ethyl adjacent to an activating group) is 1. The van der Waals surface area contributed by atoms with E-state index < -0.39 is 0 Å². The van der Waals surface area contributed by atoms with Gasteiger partial charge in [0.1, 0.15) is 12.4 Å². The van der Waals surface area contributed by atoms with Crippen molar-refractivity contribution in [2.75, 3.05) is 32.8 Å². The van der Waals surface area contributed by atoms with Crippen LogP contribution in [0.5, 0.6) is 5.75 Å². The van der Waals surface area contributed by atoms with Crippen LogP contribution in [0.2, 0.25) is 0 Å². The number of hydrogen-bond donors (Lipinski definition) is 2. The van der Waals surface area contributed by atoms with Crippen LogP contribution in [0.4, 0.5) is 0 Å². The van der Waals surface area contributed by atoms with Gasteiger partial charge in [0.15, 0.2) is 5.96 Å². The van der Waals surface area contributed by atoms with Crippen molar-refractivity contribution >= 4 is 5.96 Å². The van der Waals surface area contributed by atoms with E-state index in [9.17, 15) is 0 Å². The van der Waals surface area contributed by atoms with E-state index in [0.717, 1.165) is 43.4 Å². The third-order valence-corrected chi connectivity index (χ3v) is 4.75. The van der Waals surface area contributed by atoms with E-state index in [-0.39, 0.29) is 0 Å². The summed E-state index contributed by atoms with van der Waals surface area (Å²) in [6.45, 7) is 9.57. The number of hydrogen-bond acceptors (Lipinski definition) is 3. The number of rotatable bonds is 10. The third-order valence-electron chi connectivity index (χ3n) is 4.75. The minimum atomic E-state index is 0.528. The van der Waals surface area contributed by atoms with E-state index in [1.807, 2.05) is 18.2 Å². The van der Waals surface area contributed by atoms with Gasteiger partial charge in [0.05, 0.1) is 6.54 Å². The number of aliphatic imine (C=N–C) groups is 1. The lowest BCUT2D eigenvalue weighted by Crippen LogP contribution is -2.37. The number of ether oxygens (including phenoxy) is 1. The molecule has 1 aliphatic carbocycles. The normalized spacial score (nSPS) is 15.4. The molecule has 0 aliphatic heterocycles. The molecule has 0 amide bonds. The molecule has 5 heteroatoms. The van der Waals surface area contributed by atoms with Crippen LogP contribution in [0, 0.1) is 5.92 Å². The van der Waals surface area contributed by atoms with Crippen LogP contribution in [0.1, 0.15) is 38.7 Å². The molecule has 24 heavy (non-hydrogen) atoms. The minimum absolute atomic E-state index is 0.528. The Morgan fingerprint density at radius 2 is 2.04 bits per heavy atom. The number of guanidine groups is 1. The van der Waals surface area contributed by atoms with Gasteiger partial charge >= 0.3 is 0 Å². The standard InChI is InChI=1S/C19H32N4O/c1-3-23(4-2)12-13-24-18-11-6-5-10-17(18)15-22-19(20)21-14-16-8-7-9-16/h5-6,10-11,16H,3-4,7-9,12-15H2,1-2H3,(H3,20,21,22). The molecule has 1 aliphatic rings. The van der Waals surface area contributed by atoms with Gasteiger partial charge in [-0.2, -0.15) is 0 Å². The van der Waals surface area contributed by atoms with Crippen molar-refractivity contribution in [1.82, 2.24) is 10.2 Å². The molecule has 1 saturated carbocycles. The molecule has 5 nitrogen and oxygen atoms in total. The zero-order chi connectivity index (χ0) is 17.2. The fourth-order valence-electron chi connectivity index (χ4n) is 2.77. The van der Waals surface area contributed by atoms with E-state index >= 15 is 0 Å². The first-order chi connectivity index (χ1) is 11.7. The second kappa shape index (κ2) is 10.2. The van der Waals surface area contributed by atoms with Gasteiger partial charge in [-0.25, -0.2) is 4.99 Å². The topological polar surface area (TPSA) is 62.9 Å². The first-order valence-electron chi connectivity index (χ1n) is 9.19. The molecule has 2 rings (SSSR count).